The highest BCUT2D eigenvalue weighted by Gasteiger charge is 2.45. The van der Waals surface area contributed by atoms with Gasteiger partial charge in [0.2, 0.25) is 0 Å². The quantitative estimate of drug-likeness (QED) is 0.536. The minimum atomic E-state index is -0.697. The Hall–Kier alpha value is -2.50. The number of rotatable bonds is 5. The van der Waals surface area contributed by atoms with Gasteiger partial charge in [-0.2, -0.15) is 9.97 Å². The summed E-state index contributed by atoms with van der Waals surface area (Å²) in [4.78, 5) is 32.2. The third kappa shape index (κ3) is 4.77. The predicted molar refractivity (Wildman–Crippen MR) is 135 cm³/mol. The van der Waals surface area contributed by atoms with Gasteiger partial charge >= 0.3 is 12.1 Å². The molecule has 0 aliphatic carbocycles. The van der Waals surface area contributed by atoms with Crippen LogP contribution in [0.4, 0.5) is 15.0 Å². The van der Waals surface area contributed by atoms with Gasteiger partial charge in [0.25, 0.3) is 0 Å². The number of nitrogens with zero attached hydrogens (tertiary/aromatic N) is 6. The van der Waals surface area contributed by atoms with Gasteiger partial charge in [-0.1, -0.05) is 11.6 Å². The van der Waals surface area contributed by atoms with Crippen LogP contribution in [-0.4, -0.2) is 100 Å². The number of piperazine rings is 1. The number of anilines is 1. The number of fused-ring (bicyclic) bond motifs is 5. The summed E-state index contributed by atoms with van der Waals surface area (Å²) in [5, 5.41) is 0.222. The van der Waals surface area contributed by atoms with Crippen molar-refractivity contribution in [3.05, 3.63) is 17.2 Å². The molecule has 0 N–H and O–H groups in total. The predicted octanol–water partition coefficient (Wildman–Crippen LogP) is 3.26. The maximum absolute atomic E-state index is 15.0. The molecule has 6 rings (SSSR count). The first-order valence-electron chi connectivity index (χ1n) is 12.9. The minimum Gasteiger partial charge on any atom is -0.462 e. The molecule has 10 nitrogen and oxygen atoms in total. The lowest BCUT2D eigenvalue weighted by Gasteiger charge is -2.42. The van der Waals surface area contributed by atoms with E-state index in [2.05, 4.69) is 19.8 Å². The number of pyridine rings is 1. The third-order valence-corrected chi connectivity index (χ3v) is 7.87. The number of carbonyl (C=O) groups is 1. The summed E-state index contributed by atoms with van der Waals surface area (Å²) in [5.74, 6) is -0.158. The first-order chi connectivity index (χ1) is 17.7. The summed E-state index contributed by atoms with van der Waals surface area (Å²) in [7, 11) is 0. The van der Waals surface area contributed by atoms with Crippen LogP contribution in [-0.2, 0) is 9.47 Å². The van der Waals surface area contributed by atoms with Crippen LogP contribution in [0.5, 0.6) is 6.01 Å². The van der Waals surface area contributed by atoms with Crippen molar-refractivity contribution in [2.45, 2.75) is 69.9 Å². The summed E-state index contributed by atoms with van der Waals surface area (Å²) >= 11 is 5.99. The molecule has 0 aromatic carbocycles. The molecule has 37 heavy (non-hydrogen) atoms. The van der Waals surface area contributed by atoms with E-state index in [4.69, 9.17) is 30.8 Å². The van der Waals surface area contributed by atoms with Gasteiger partial charge in [-0.3, -0.25) is 9.80 Å². The van der Waals surface area contributed by atoms with E-state index >= 15 is 4.39 Å². The second-order valence-electron chi connectivity index (χ2n) is 11.3. The molecule has 4 atom stereocenters. The zero-order valence-electron chi connectivity index (χ0n) is 21.3. The van der Waals surface area contributed by atoms with Crippen molar-refractivity contribution in [2.75, 3.05) is 44.3 Å². The van der Waals surface area contributed by atoms with Crippen LogP contribution in [0.2, 0.25) is 5.15 Å². The van der Waals surface area contributed by atoms with Gasteiger partial charge in [-0.15, -0.1) is 0 Å². The van der Waals surface area contributed by atoms with E-state index in [9.17, 15) is 4.79 Å². The number of halogens is 2. The Labute approximate surface area is 220 Å². The van der Waals surface area contributed by atoms with Gasteiger partial charge in [-0.05, 0) is 40.0 Å². The van der Waals surface area contributed by atoms with Crippen LogP contribution in [0.1, 0.15) is 40.0 Å². The highest BCUT2D eigenvalue weighted by molar-refractivity contribution is 6.30. The number of ether oxygens (including phenoxy) is 3. The van der Waals surface area contributed by atoms with Crippen molar-refractivity contribution in [1.29, 1.82) is 0 Å². The Morgan fingerprint density at radius 3 is 2.59 bits per heavy atom. The Balaban J connectivity index is 1.23. The molecule has 0 radical (unpaired) electrons. The molecule has 4 bridgehead atoms. The number of aromatic nitrogens is 3. The van der Waals surface area contributed by atoms with Crippen molar-refractivity contribution in [1.82, 2.24) is 24.8 Å². The summed E-state index contributed by atoms with van der Waals surface area (Å²) in [6.45, 7) is 9.45. The van der Waals surface area contributed by atoms with Crippen LogP contribution in [0.15, 0.2) is 6.20 Å². The number of likely N-dealkylation sites (tertiary alicyclic amines) is 1. The molecule has 4 saturated heterocycles. The van der Waals surface area contributed by atoms with Crippen molar-refractivity contribution >= 4 is 34.4 Å². The number of hydrogen-bond donors (Lipinski definition) is 0. The topological polar surface area (TPSA) is 93.2 Å². The molecule has 4 aliphatic heterocycles. The van der Waals surface area contributed by atoms with E-state index in [1.165, 1.54) is 6.20 Å². The fourth-order valence-electron chi connectivity index (χ4n) is 6.00. The second kappa shape index (κ2) is 9.36. The Kier molecular flexibility index (Phi) is 6.27. The van der Waals surface area contributed by atoms with Crippen LogP contribution in [0, 0.1) is 5.82 Å². The van der Waals surface area contributed by atoms with Crippen molar-refractivity contribution in [3.8, 4) is 6.01 Å². The molecule has 4 fully saturated rings. The molecule has 2 unspecified atom stereocenters. The Bertz CT molecular complexity index is 1200. The van der Waals surface area contributed by atoms with E-state index in [0.717, 1.165) is 39.0 Å². The number of hydrogen-bond acceptors (Lipinski definition) is 9. The standard InChI is InChI=1S/C25H32ClFN6O4/c1-25(2,3)37-24(34)33-14-4-5-15(33)11-32(10-14)22-18-9-28-21(26)19(27)20(18)29-23(30-22)35-7-6-31-12-17-8-16(31)13-36-17/h9,14-17H,4-8,10-13H2,1-3H3/t14?,15?,16-,17-/m0/s1. The molecule has 0 saturated carbocycles. The Morgan fingerprint density at radius 1 is 1.19 bits per heavy atom. The monoisotopic (exact) mass is 534 g/mol. The van der Waals surface area contributed by atoms with Crippen LogP contribution >= 0.6 is 11.6 Å². The summed E-state index contributed by atoms with van der Waals surface area (Å²) < 4.78 is 32.3. The van der Waals surface area contributed by atoms with Gasteiger partial charge in [0.15, 0.2) is 11.0 Å². The molecule has 4 aliphatic rings. The van der Waals surface area contributed by atoms with Crippen molar-refractivity contribution in [2.24, 2.45) is 0 Å². The van der Waals surface area contributed by atoms with Crippen LogP contribution in [0.25, 0.3) is 10.9 Å². The second-order valence-corrected chi connectivity index (χ2v) is 11.7. The SMILES string of the molecule is CC(C)(C)OC(=O)N1C2CCC1CN(c1nc(OCCN3C[C@@H]4C[C@H]3CO4)nc3c(F)c(Cl)ncc13)C2. The van der Waals surface area contributed by atoms with E-state index in [1.54, 1.807) is 0 Å². The van der Waals surface area contributed by atoms with Gasteiger partial charge in [-0.25, -0.2) is 14.2 Å². The molecule has 6 heterocycles. The maximum Gasteiger partial charge on any atom is 0.410 e. The average molecular weight is 535 g/mol. The number of amides is 1. The maximum atomic E-state index is 15.0. The molecule has 12 heteroatoms. The molecule has 1 amide bonds. The van der Waals surface area contributed by atoms with Gasteiger partial charge in [0, 0.05) is 38.4 Å². The summed E-state index contributed by atoms with van der Waals surface area (Å²) in [5.41, 5.74) is -0.483. The fraction of sp³-hybridized carbons (Fsp3) is 0.680. The van der Waals surface area contributed by atoms with Crippen molar-refractivity contribution < 1.29 is 23.4 Å². The summed E-state index contributed by atoms with van der Waals surface area (Å²) in [6, 6.07) is 0.480. The minimum absolute atomic E-state index is 0.0269. The molecule has 2 aromatic rings. The normalized spacial score (nSPS) is 27.4. The van der Waals surface area contributed by atoms with E-state index < -0.39 is 11.4 Å². The number of morpholine rings is 1. The molecule has 200 valence electrons. The zero-order chi connectivity index (χ0) is 25.9. The lowest BCUT2D eigenvalue weighted by molar-refractivity contribution is 0.0122. The Morgan fingerprint density at radius 2 is 1.95 bits per heavy atom. The summed E-state index contributed by atoms with van der Waals surface area (Å²) in [6.07, 6.45) is 4.32. The molecule has 0 spiro atoms. The van der Waals surface area contributed by atoms with E-state index in [1.807, 2.05) is 25.7 Å². The van der Waals surface area contributed by atoms with Gasteiger partial charge in [0.05, 0.1) is 30.2 Å². The third-order valence-electron chi connectivity index (χ3n) is 7.61. The lowest BCUT2D eigenvalue weighted by Crippen LogP contribution is -2.57. The highest BCUT2D eigenvalue weighted by Crippen LogP contribution is 2.37. The van der Waals surface area contributed by atoms with E-state index in [-0.39, 0.29) is 34.9 Å². The molecule has 2 aromatic heterocycles. The zero-order valence-corrected chi connectivity index (χ0v) is 22.1. The largest absolute Gasteiger partial charge is 0.462 e. The smallest absolute Gasteiger partial charge is 0.410 e. The van der Waals surface area contributed by atoms with Gasteiger partial charge in [0.1, 0.15) is 23.5 Å². The van der Waals surface area contributed by atoms with E-state index in [0.29, 0.717) is 43.0 Å². The highest BCUT2D eigenvalue weighted by atomic mass is 35.5. The number of carbonyl (C=O) groups excluding carboxylic acids is 1. The van der Waals surface area contributed by atoms with Crippen LogP contribution < -0.4 is 9.64 Å². The van der Waals surface area contributed by atoms with Crippen LogP contribution in [0.3, 0.4) is 0 Å². The average Bonchev–Trinajstić information content (AvgIpc) is 3.53. The molecular formula is C25H32ClFN6O4. The first kappa shape index (κ1) is 24.8. The lowest BCUT2D eigenvalue weighted by atomic mass is 10.1. The van der Waals surface area contributed by atoms with Gasteiger partial charge < -0.3 is 19.1 Å². The fourth-order valence-corrected chi connectivity index (χ4v) is 6.14. The molecular weight excluding hydrogens is 503 g/mol. The first-order valence-corrected chi connectivity index (χ1v) is 13.3. The van der Waals surface area contributed by atoms with Crippen molar-refractivity contribution in [3.63, 3.8) is 0 Å².